The maximum atomic E-state index is 13.3. The van der Waals surface area contributed by atoms with E-state index in [1.165, 1.54) is 28.9 Å². The zero-order chi connectivity index (χ0) is 30.0. The van der Waals surface area contributed by atoms with Crippen molar-refractivity contribution in [2.24, 2.45) is 5.41 Å². The van der Waals surface area contributed by atoms with Gasteiger partial charge in [0.1, 0.15) is 6.54 Å². The fourth-order valence-corrected chi connectivity index (χ4v) is 7.94. The van der Waals surface area contributed by atoms with Gasteiger partial charge in [-0.1, -0.05) is 35.3 Å². The summed E-state index contributed by atoms with van der Waals surface area (Å²) in [7, 11) is -2.54. The van der Waals surface area contributed by atoms with Crippen LogP contribution in [0.4, 0.5) is 19.1 Å². The van der Waals surface area contributed by atoms with Gasteiger partial charge in [-0.3, -0.25) is 13.7 Å². The number of aliphatic hydroxyl groups is 1. The van der Waals surface area contributed by atoms with Gasteiger partial charge in [0.15, 0.2) is 17.8 Å². The smallest absolute Gasteiger partial charge is 0.382 e. The second kappa shape index (κ2) is 10.3. The molecule has 2 aromatic heterocycles. The van der Waals surface area contributed by atoms with Gasteiger partial charge in [-0.2, -0.15) is 33.4 Å². The Morgan fingerprint density at radius 2 is 1.69 bits per heavy atom. The quantitative estimate of drug-likeness (QED) is 0.273. The van der Waals surface area contributed by atoms with E-state index in [0.29, 0.717) is 51.8 Å². The number of nitrogens with zero attached hydrogens (tertiary/aromatic N) is 7. The molecular weight excluding hydrogens is 622 g/mol. The molecule has 0 unspecified atom stereocenters. The van der Waals surface area contributed by atoms with E-state index in [0.717, 1.165) is 9.25 Å². The minimum absolute atomic E-state index is 0.0978. The number of rotatable bonds is 7. The van der Waals surface area contributed by atoms with Gasteiger partial charge in [0.05, 0.1) is 17.3 Å². The molecule has 2 aliphatic heterocycles. The average Bonchev–Trinajstić information content (AvgIpc) is 3.42. The van der Waals surface area contributed by atoms with Crippen molar-refractivity contribution in [1.82, 2.24) is 29.1 Å². The Balaban J connectivity index is 1.36. The molecule has 0 saturated carbocycles. The van der Waals surface area contributed by atoms with Crippen LogP contribution in [0.3, 0.4) is 0 Å². The van der Waals surface area contributed by atoms with Crippen LogP contribution in [0.25, 0.3) is 17.1 Å². The SMILES string of the molecule is O=c1n(Cc2nc(N3CC4(C3)CS(O)(O)C4)n(-c3ccccc3Cl)n2)nc(-c2ccc(Cl)cc2)n1C[C@H](O)C(F)(F)F. The maximum absolute atomic E-state index is 13.3. The van der Waals surface area contributed by atoms with Crippen LogP contribution in [0, 0.1) is 5.41 Å². The summed E-state index contributed by atoms with van der Waals surface area (Å²) in [5, 5.41) is 19.3. The number of hydrogen-bond acceptors (Lipinski definition) is 8. The fraction of sp³-hybridized carbons (Fsp3) is 0.360. The lowest BCUT2D eigenvalue weighted by Crippen LogP contribution is -2.67. The van der Waals surface area contributed by atoms with Crippen LogP contribution in [0.1, 0.15) is 5.82 Å². The van der Waals surface area contributed by atoms with Crippen molar-refractivity contribution >= 4 is 39.7 Å². The average molecular weight is 646 g/mol. The Kier molecular flexibility index (Phi) is 7.10. The summed E-state index contributed by atoms with van der Waals surface area (Å²) in [5.41, 5.74) is -0.294. The normalized spacial score (nSPS) is 18.9. The van der Waals surface area contributed by atoms with Crippen molar-refractivity contribution in [1.29, 1.82) is 0 Å². The van der Waals surface area contributed by atoms with Crippen molar-refractivity contribution in [3.63, 3.8) is 0 Å². The Hall–Kier alpha value is -3.08. The number of alkyl halides is 3. The number of hydrogen-bond donors (Lipinski definition) is 3. The van der Waals surface area contributed by atoms with E-state index in [9.17, 15) is 32.2 Å². The minimum atomic E-state index is -4.95. The summed E-state index contributed by atoms with van der Waals surface area (Å²) in [6, 6.07) is 12.9. The van der Waals surface area contributed by atoms with E-state index in [1.54, 1.807) is 24.3 Å². The highest BCUT2D eigenvalue weighted by molar-refractivity contribution is 8.25. The number of aliphatic hydroxyl groups excluding tert-OH is 1. The van der Waals surface area contributed by atoms with Gasteiger partial charge in [-0.15, -0.1) is 10.2 Å². The van der Waals surface area contributed by atoms with E-state index in [4.69, 9.17) is 23.2 Å². The number of para-hydroxylation sites is 1. The summed E-state index contributed by atoms with van der Waals surface area (Å²) in [6.45, 7) is -0.341. The van der Waals surface area contributed by atoms with E-state index in [1.807, 2.05) is 4.90 Å². The van der Waals surface area contributed by atoms with E-state index < -0.39 is 35.1 Å². The second-order valence-corrected chi connectivity index (χ2v) is 13.6. The molecule has 0 amide bonds. The van der Waals surface area contributed by atoms with Gasteiger partial charge < -0.3 is 10.0 Å². The zero-order valence-electron chi connectivity index (χ0n) is 21.6. The number of halogens is 5. The van der Waals surface area contributed by atoms with Gasteiger partial charge in [0, 0.05) is 40.6 Å². The minimum Gasteiger partial charge on any atom is -0.382 e. The summed E-state index contributed by atoms with van der Waals surface area (Å²) in [6.07, 6.45) is -7.75. The van der Waals surface area contributed by atoms with Gasteiger partial charge >= 0.3 is 11.9 Å². The van der Waals surface area contributed by atoms with Gasteiger partial charge in [-0.05, 0) is 36.4 Å². The third-order valence-corrected chi connectivity index (χ3v) is 9.90. The van der Waals surface area contributed by atoms with Gasteiger partial charge in [-0.25, -0.2) is 9.48 Å². The largest absolute Gasteiger partial charge is 0.416 e. The van der Waals surface area contributed by atoms with Crippen LogP contribution in [0.15, 0.2) is 53.3 Å². The first-order chi connectivity index (χ1) is 19.7. The summed E-state index contributed by atoms with van der Waals surface area (Å²) in [5.74, 6) is 1.07. The second-order valence-electron chi connectivity index (χ2n) is 10.6. The van der Waals surface area contributed by atoms with Crippen molar-refractivity contribution < 1.29 is 27.4 Å². The molecule has 4 aromatic rings. The predicted molar refractivity (Wildman–Crippen MR) is 152 cm³/mol. The van der Waals surface area contributed by atoms with Gasteiger partial charge in [0.2, 0.25) is 5.95 Å². The predicted octanol–water partition coefficient (Wildman–Crippen LogP) is 4.14. The molecular formula is C25H24Cl2F3N7O4S. The Bertz CT molecular complexity index is 1690. The number of anilines is 1. The molecule has 11 nitrogen and oxygen atoms in total. The molecule has 3 N–H and O–H groups in total. The third kappa shape index (κ3) is 5.40. The van der Waals surface area contributed by atoms with E-state index >= 15 is 0 Å². The standard InChI is InChI=1S/C25H24Cl2F3N7O4S/c26-16-7-5-15(6-8-16)21-33-36(23(39)35(21)9-19(38)25(28,29)30)10-20-31-22(34-11-24(12-34)13-42(40,41)14-24)37(32-20)18-4-2-1-3-17(18)27/h1-8,19,38,40-41H,9-14H2/t19-/m0/s1. The molecule has 2 saturated heterocycles. The van der Waals surface area contributed by atoms with Crippen molar-refractivity contribution in [3.8, 4) is 17.1 Å². The fourth-order valence-electron chi connectivity index (χ4n) is 5.36. The number of benzene rings is 2. The highest BCUT2D eigenvalue weighted by Crippen LogP contribution is 2.62. The first kappa shape index (κ1) is 29.0. The molecule has 224 valence electrons. The molecule has 1 spiro atoms. The molecule has 17 heteroatoms. The zero-order valence-corrected chi connectivity index (χ0v) is 23.9. The molecule has 2 fully saturated rings. The topological polar surface area (TPSA) is 134 Å². The number of aromatic nitrogens is 6. The van der Waals surface area contributed by atoms with Crippen LogP contribution < -0.4 is 10.6 Å². The van der Waals surface area contributed by atoms with Crippen molar-refractivity contribution in [2.45, 2.75) is 25.4 Å². The molecule has 0 aliphatic carbocycles. The van der Waals surface area contributed by atoms with Crippen LogP contribution in [0.5, 0.6) is 0 Å². The third-order valence-electron chi connectivity index (χ3n) is 7.17. The summed E-state index contributed by atoms with van der Waals surface area (Å²) < 4.78 is 62.6. The maximum Gasteiger partial charge on any atom is 0.416 e. The molecule has 6 rings (SSSR count). The lowest BCUT2D eigenvalue weighted by Gasteiger charge is -2.63. The van der Waals surface area contributed by atoms with Crippen molar-refractivity contribution in [3.05, 3.63) is 74.9 Å². The van der Waals surface area contributed by atoms with E-state index in [2.05, 4.69) is 15.2 Å². The summed E-state index contributed by atoms with van der Waals surface area (Å²) >= 11 is 12.4. The Morgan fingerprint density at radius 3 is 2.31 bits per heavy atom. The first-order valence-electron chi connectivity index (χ1n) is 12.6. The highest BCUT2D eigenvalue weighted by atomic mass is 35.5. The molecule has 2 aromatic carbocycles. The molecule has 42 heavy (non-hydrogen) atoms. The van der Waals surface area contributed by atoms with Crippen LogP contribution in [-0.2, 0) is 13.1 Å². The van der Waals surface area contributed by atoms with E-state index in [-0.39, 0.29) is 23.6 Å². The molecule has 4 heterocycles. The highest BCUT2D eigenvalue weighted by Gasteiger charge is 2.56. The van der Waals surface area contributed by atoms with Crippen molar-refractivity contribution in [2.75, 3.05) is 29.5 Å². The van der Waals surface area contributed by atoms with Crippen LogP contribution in [-0.4, -0.2) is 80.2 Å². The lowest BCUT2D eigenvalue weighted by molar-refractivity contribution is -0.207. The summed E-state index contributed by atoms with van der Waals surface area (Å²) in [4.78, 5) is 19.9. The van der Waals surface area contributed by atoms with Gasteiger partial charge in [0.25, 0.3) is 0 Å². The monoisotopic (exact) mass is 645 g/mol. The molecule has 0 bridgehead atoms. The molecule has 0 radical (unpaired) electrons. The molecule has 1 atom stereocenters. The lowest BCUT2D eigenvalue weighted by atomic mass is 9.83. The Morgan fingerprint density at radius 1 is 1.02 bits per heavy atom. The van der Waals surface area contributed by atoms with Crippen LogP contribution in [0.2, 0.25) is 10.0 Å². The first-order valence-corrected chi connectivity index (χ1v) is 15.3. The Labute approximate surface area is 248 Å². The molecule has 2 aliphatic rings. The van der Waals surface area contributed by atoms with Crippen LogP contribution >= 0.6 is 33.8 Å².